The third kappa shape index (κ3) is 2.42. The third-order valence-corrected chi connectivity index (χ3v) is 2.75. The van der Waals surface area contributed by atoms with Gasteiger partial charge in [-0.25, -0.2) is 0 Å². The van der Waals surface area contributed by atoms with E-state index in [2.05, 4.69) is 17.2 Å². The smallest absolute Gasteiger partial charge is 0.363 e. The van der Waals surface area contributed by atoms with Crippen molar-refractivity contribution in [3.8, 4) is 0 Å². The number of imidazole rings is 1. The van der Waals surface area contributed by atoms with Gasteiger partial charge in [-0.1, -0.05) is 25.8 Å². The average molecular weight is 248 g/mol. The first-order valence-electron chi connectivity index (χ1n) is 6.09. The molecule has 2 rings (SSSR count). The standard InChI is InChI=1S/C12H16N4O2/c1-2-3-5-8-13-11-12(16(17)18)15-9-6-4-7-10(15)14-11/h4,6-7,9,13H,2-3,5,8H2,1H3. The van der Waals surface area contributed by atoms with E-state index >= 15 is 0 Å². The monoisotopic (exact) mass is 248 g/mol. The van der Waals surface area contributed by atoms with Gasteiger partial charge in [-0.15, -0.1) is 0 Å². The van der Waals surface area contributed by atoms with Gasteiger partial charge >= 0.3 is 5.82 Å². The summed E-state index contributed by atoms with van der Waals surface area (Å²) in [4.78, 5) is 14.9. The van der Waals surface area contributed by atoms with Crippen LogP contribution in [0.1, 0.15) is 26.2 Å². The minimum atomic E-state index is -0.401. The van der Waals surface area contributed by atoms with E-state index in [0.717, 1.165) is 19.3 Å². The van der Waals surface area contributed by atoms with Crippen LogP contribution < -0.4 is 5.32 Å². The van der Waals surface area contributed by atoms with E-state index in [9.17, 15) is 10.1 Å². The van der Waals surface area contributed by atoms with Crippen LogP contribution >= 0.6 is 0 Å². The van der Waals surface area contributed by atoms with Crippen molar-refractivity contribution in [1.29, 1.82) is 0 Å². The highest BCUT2D eigenvalue weighted by atomic mass is 16.6. The van der Waals surface area contributed by atoms with Gasteiger partial charge in [0.25, 0.3) is 0 Å². The van der Waals surface area contributed by atoms with E-state index < -0.39 is 4.92 Å². The zero-order valence-electron chi connectivity index (χ0n) is 10.3. The molecule has 0 bridgehead atoms. The number of rotatable bonds is 6. The number of fused-ring (bicyclic) bond motifs is 1. The quantitative estimate of drug-likeness (QED) is 0.484. The van der Waals surface area contributed by atoms with Crippen molar-refractivity contribution in [1.82, 2.24) is 9.38 Å². The highest BCUT2D eigenvalue weighted by Crippen LogP contribution is 2.25. The molecule has 96 valence electrons. The second-order valence-corrected chi connectivity index (χ2v) is 4.10. The molecule has 6 heteroatoms. The summed E-state index contributed by atoms with van der Waals surface area (Å²) in [7, 11) is 0. The van der Waals surface area contributed by atoms with Crippen LogP contribution in [0.15, 0.2) is 24.4 Å². The molecule has 2 heterocycles. The fraction of sp³-hybridized carbons (Fsp3) is 0.417. The molecule has 2 aromatic rings. The van der Waals surface area contributed by atoms with E-state index in [-0.39, 0.29) is 5.82 Å². The Kier molecular flexibility index (Phi) is 3.76. The Balaban J connectivity index is 2.25. The number of hydrogen-bond acceptors (Lipinski definition) is 4. The molecule has 0 spiro atoms. The van der Waals surface area contributed by atoms with E-state index in [1.54, 1.807) is 18.3 Å². The number of nitrogens with one attached hydrogen (secondary N) is 1. The molecule has 1 N–H and O–H groups in total. The Morgan fingerprint density at radius 2 is 2.28 bits per heavy atom. The summed E-state index contributed by atoms with van der Waals surface area (Å²) >= 11 is 0. The molecule has 0 amide bonds. The molecule has 0 saturated carbocycles. The Hall–Kier alpha value is -2.11. The first-order chi connectivity index (χ1) is 8.74. The van der Waals surface area contributed by atoms with E-state index in [0.29, 0.717) is 18.0 Å². The van der Waals surface area contributed by atoms with Crippen LogP contribution in [0.4, 0.5) is 11.6 Å². The molecule has 0 saturated heterocycles. The second kappa shape index (κ2) is 5.48. The number of nitrogens with zero attached hydrogens (tertiary/aromatic N) is 3. The van der Waals surface area contributed by atoms with Crippen molar-refractivity contribution in [2.75, 3.05) is 11.9 Å². The zero-order chi connectivity index (χ0) is 13.0. The van der Waals surface area contributed by atoms with Gasteiger partial charge < -0.3 is 15.4 Å². The lowest BCUT2D eigenvalue weighted by molar-refractivity contribution is -0.389. The number of nitro groups is 1. The van der Waals surface area contributed by atoms with E-state index in [1.165, 1.54) is 4.40 Å². The SMILES string of the molecule is CCCCCNc1nc2ccccn2c1[N+](=O)[O-]. The van der Waals surface area contributed by atoms with E-state index in [4.69, 9.17) is 0 Å². The van der Waals surface area contributed by atoms with Gasteiger partial charge in [0, 0.05) is 12.6 Å². The zero-order valence-corrected chi connectivity index (χ0v) is 10.3. The summed E-state index contributed by atoms with van der Waals surface area (Å²) in [5.41, 5.74) is 0.585. The minimum absolute atomic E-state index is 0.00194. The summed E-state index contributed by atoms with van der Waals surface area (Å²) in [6.07, 6.45) is 4.86. The first-order valence-corrected chi connectivity index (χ1v) is 6.09. The van der Waals surface area contributed by atoms with Crippen molar-refractivity contribution in [3.63, 3.8) is 0 Å². The fourth-order valence-electron chi connectivity index (χ4n) is 1.86. The third-order valence-electron chi connectivity index (χ3n) is 2.75. The molecule has 2 aromatic heterocycles. The maximum absolute atomic E-state index is 11.1. The van der Waals surface area contributed by atoms with Crippen LogP contribution in [0.25, 0.3) is 5.65 Å². The molecule has 0 fully saturated rings. The number of unbranched alkanes of at least 4 members (excludes halogenated alkanes) is 2. The Bertz CT molecular complexity index is 550. The van der Waals surface area contributed by atoms with Gasteiger partial charge in [-0.3, -0.25) is 0 Å². The molecule has 18 heavy (non-hydrogen) atoms. The van der Waals surface area contributed by atoms with Crippen molar-refractivity contribution >= 4 is 17.3 Å². The van der Waals surface area contributed by atoms with Crippen LogP contribution in [-0.2, 0) is 0 Å². The lowest BCUT2D eigenvalue weighted by Crippen LogP contribution is -2.04. The van der Waals surface area contributed by atoms with Crippen LogP contribution in [0, 0.1) is 10.1 Å². The fourth-order valence-corrected chi connectivity index (χ4v) is 1.86. The lowest BCUT2D eigenvalue weighted by atomic mass is 10.2. The largest absolute Gasteiger partial charge is 0.372 e. The first kappa shape index (κ1) is 12.3. The minimum Gasteiger partial charge on any atom is -0.363 e. The summed E-state index contributed by atoms with van der Waals surface area (Å²) in [5.74, 6) is 0.351. The van der Waals surface area contributed by atoms with Gasteiger partial charge in [0.15, 0.2) is 0 Å². The predicted molar refractivity (Wildman–Crippen MR) is 69.9 cm³/mol. The summed E-state index contributed by atoms with van der Waals surface area (Å²) in [6.45, 7) is 2.83. The Labute approximate surface area is 105 Å². The molecule has 0 aliphatic rings. The Morgan fingerprint density at radius 3 is 3.00 bits per heavy atom. The molecule has 0 aromatic carbocycles. The number of pyridine rings is 1. The maximum Gasteiger partial charge on any atom is 0.372 e. The molecule has 6 nitrogen and oxygen atoms in total. The van der Waals surface area contributed by atoms with Crippen molar-refractivity contribution < 1.29 is 4.92 Å². The number of aromatic nitrogens is 2. The molecule has 0 aliphatic carbocycles. The maximum atomic E-state index is 11.1. The lowest BCUT2D eigenvalue weighted by Gasteiger charge is -2.02. The van der Waals surface area contributed by atoms with Crippen LogP contribution in [0.3, 0.4) is 0 Å². The average Bonchev–Trinajstić information content (AvgIpc) is 2.73. The summed E-state index contributed by atoms with van der Waals surface area (Å²) in [5, 5.41) is 14.1. The van der Waals surface area contributed by atoms with E-state index in [1.807, 2.05) is 6.07 Å². The van der Waals surface area contributed by atoms with Gasteiger partial charge in [0.05, 0.1) is 6.20 Å². The van der Waals surface area contributed by atoms with Crippen LogP contribution in [0.5, 0.6) is 0 Å². The number of hydrogen-bond donors (Lipinski definition) is 1. The van der Waals surface area contributed by atoms with Gasteiger partial charge in [0.2, 0.25) is 11.5 Å². The summed E-state index contributed by atoms with van der Waals surface area (Å²) in [6, 6.07) is 5.32. The second-order valence-electron chi connectivity index (χ2n) is 4.10. The summed E-state index contributed by atoms with van der Waals surface area (Å²) < 4.78 is 1.49. The number of anilines is 1. The van der Waals surface area contributed by atoms with Crippen LogP contribution in [0.2, 0.25) is 0 Å². The highest BCUT2D eigenvalue weighted by molar-refractivity contribution is 5.62. The van der Waals surface area contributed by atoms with Gasteiger partial charge in [-0.2, -0.15) is 9.38 Å². The molecule has 0 aliphatic heterocycles. The molecular formula is C12H16N4O2. The highest BCUT2D eigenvalue weighted by Gasteiger charge is 2.21. The molecule has 0 radical (unpaired) electrons. The van der Waals surface area contributed by atoms with Crippen molar-refractivity contribution in [2.45, 2.75) is 26.2 Å². The van der Waals surface area contributed by atoms with Gasteiger partial charge in [-0.05, 0) is 17.4 Å². The molecular weight excluding hydrogens is 232 g/mol. The predicted octanol–water partition coefficient (Wildman–Crippen LogP) is 2.84. The molecule has 0 atom stereocenters. The molecule has 0 unspecified atom stereocenters. The normalized spacial score (nSPS) is 10.7. The topological polar surface area (TPSA) is 72.5 Å². The van der Waals surface area contributed by atoms with Crippen LogP contribution in [-0.4, -0.2) is 20.9 Å². The van der Waals surface area contributed by atoms with Gasteiger partial charge in [0.1, 0.15) is 0 Å². The Morgan fingerprint density at radius 1 is 1.44 bits per heavy atom. The van der Waals surface area contributed by atoms with Crippen molar-refractivity contribution in [2.24, 2.45) is 0 Å². The van der Waals surface area contributed by atoms with Crippen molar-refractivity contribution in [3.05, 3.63) is 34.5 Å².